The second-order valence-corrected chi connectivity index (χ2v) is 10.1. The Morgan fingerprint density at radius 2 is 1.76 bits per heavy atom. The average molecular weight is 539 g/mol. The Balaban J connectivity index is 1.59. The SMILES string of the molecule is CC1=NC2=C(C(=O)CC(c3ccccc3)C2)C(c2ccc(Cl)cc2Cl)C1C(=O)Nc1ccc(F)cc1F. The number of rotatable bonds is 4. The topological polar surface area (TPSA) is 58.5 Å². The van der Waals surface area contributed by atoms with Crippen LogP contribution in [0.2, 0.25) is 10.0 Å². The van der Waals surface area contributed by atoms with E-state index in [1.807, 2.05) is 30.3 Å². The van der Waals surface area contributed by atoms with E-state index in [-0.39, 0.29) is 23.8 Å². The van der Waals surface area contributed by atoms with Crippen molar-refractivity contribution in [2.75, 3.05) is 5.32 Å². The monoisotopic (exact) mass is 538 g/mol. The summed E-state index contributed by atoms with van der Waals surface area (Å²) in [7, 11) is 0. The number of hydrogen-bond donors (Lipinski definition) is 1. The molecule has 3 unspecified atom stereocenters. The van der Waals surface area contributed by atoms with Crippen molar-refractivity contribution in [3.63, 3.8) is 0 Å². The van der Waals surface area contributed by atoms with Crippen LogP contribution in [-0.4, -0.2) is 17.4 Å². The number of benzene rings is 3. The molecule has 1 aliphatic heterocycles. The van der Waals surface area contributed by atoms with Gasteiger partial charge in [-0.1, -0.05) is 59.6 Å². The van der Waals surface area contributed by atoms with Gasteiger partial charge in [0.15, 0.2) is 5.78 Å². The lowest BCUT2D eigenvalue weighted by molar-refractivity contribution is -0.119. The summed E-state index contributed by atoms with van der Waals surface area (Å²) in [6.45, 7) is 1.71. The molecule has 1 N–H and O–H groups in total. The molecule has 3 atom stereocenters. The summed E-state index contributed by atoms with van der Waals surface area (Å²) >= 11 is 12.7. The van der Waals surface area contributed by atoms with Crippen LogP contribution in [0.4, 0.5) is 14.5 Å². The van der Waals surface area contributed by atoms with Gasteiger partial charge in [0, 0.05) is 45.4 Å². The minimum atomic E-state index is -0.945. The quantitative estimate of drug-likeness (QED) is 0.374. The molecule has 0 spiro atoms. The number of ketones is 1. The maximum absolute atomic E-state index is 14.4. The predicted octanol–water partition coefficient (Wildman–Crippen LogP) is 7.49. The molecule has 3 aromatic carbocycles. The molecule has 1 amide bonds. The Morgan fingerprint density at radius 1 is 1.00 bits per heavy atom. The van der Waals surface area contributed by atoms with Crippen molar-refractivity contribution >= 4 is 46.3 Å². The lowest BCUT2D eigenvalue weighted by Gasteiger charge is -2.37. The maximum atomic E-state index is 14.4. The van der Waals surface area contributed by atoms with E-state index >= 15 is 0 Å². The summed E-state index contributed by atoms with van der Waals surface area (Å²) in [5.41, 5.74) is 2.95. The summed E-state index contributed by atoms with van der Waals surface area (Å²) in [5, 5.41) is 3.27. The fraction of sp³-hybridized carbons (Fsp3) is 0.207. The van der Waals surface area contributed by atoms with Crippen LogP contribution in [0.1, 0.15) is 42.7 Å². The van der Waals surface area contributed by atoms with Crippen molar-refractivity contribution in [3.8, 4) is 0 Å². The molecule has 4 nitrogen and oxygen atoms in total. The number of amides is 1. The van der Waals surface area contributed by atoms with Gasteiger partial charge in [-0.15, -0.1) is 0 Å². The summed E-state index contributed by atoms with van der Waals surface area (Å²) in [4.78, 5) is 32.0. The van der Waals surface area contributed by atoms with Crippen molar-refractivity contribution < 1.29 is 18.4 Å². The zero-order valence-corrected chi connectivity index (χ0v) is 21.3. The number of aliphatic imine (C=N–C) groups is 1. The largest absolute Gasteiger partial charge is 0.323 e. The number of allylic oxidation sites excluding steroid dienone is 2. The van der Waals surface area contributed by atoms with Crippen LogP contribution in [0.5, 0.6) is 0 Å². The van der Waals surface area contributed by atoms with Crippen molar-refractivity contribution in [1.82, 2.24) is 0 Å². The fourth-order valence-electron chi connectivity index (χ4n) is 5.25. The van der Waals surface area contributed by atoms with Crippen molar-refractivity contribution in [2.45, 2.75) is 31.6 Å². The van der Waals surface area contributed by atoms with Gasteiger partial charge in [-0.05, 0) is 54.7 Å². The Hall–Kier alpha value is -3.35. The molecule has 0 aromatic heterocycles. The normalized spacial score (nSPS) is 21.4. The molecular formula is C29H22Cl2F2N2O2. The second-order valence-electron chi connectivity index (χ2n) is 9.29. The first-order valence-corrected chi connectivity index (χ1v) is 12.6. The van der Waals surface area contributed by atoms with Crippen LogP contribution in [0, 0.1) is 17.6 Å². The zero-order chi connectivity index (χ0) is 26.3. The number of nitrogens with zero attached hydrogens (tertiary/aromatic N) is 1. The molecule has 8 heteroatoms. The Morgan fingerprint density at radius 3 is 2.46 bits per heavy atom. The summed E-state index contributed by atoms with van der Waals surface area (Å²) < 4.78 is 27.8. The van der Waals surface area contributed by atoms with Crippen molar-refractivity contribution in [1.29, 1.82) is 0 Å². The van der Waals surface area contributed by atoms with E-state index in [1.54, 1.807) is 25.1 Å². The molecule has 2 aliphatic rings. The number of nitrogens with one attached hydrogen (secondary N) is 1. The third-order valence-electron chi connectivity index (χ3n) is 6.93. The molecule has 0 bridgehead atoms. The summed E-state index contributed by atoms with van der Waals surface area (Å²) in [6.07, 6.45) is 0.797. The summed E-state index contributed by atoms with van der Waals surface area (Å²) in [6, 6.07) is 17.6. The van der Waals surface area contributed by atoms with E-state index in [9.17, 15) is 18.4 Å². The van der Waals surface area contributed by atoms with Gasteiger partial charge in [-0.25, -0.2) is 8.78 Å². The van der Waals surface area contributed by atoms with Gasteiger partial charge < -0.3 is 5.32 Å². The Kier molecular flexibility index (Phi) is 6.97. The predicted molar refractivity (Wildman–Crippen MR) is 141 cm³/mol. The number of Topliss-reactive ketones (excluding diaryl/α,β-unsaturated/α-hetero) is 1. The number of carbonyl (C=O) groups excluding carboxylic acids is 2. The molecule has 37 heavy (non-hydrogen) atoms. The minimum absolute atomic E-state index is 0.0379. The van der Waals surface area contributed by atoms with Crippen LogP contribution >= 0.6 is 23.2 Å². The molecule has 188 valence electrons. The van der Waals surface area contributed by atoms with Crippen LogP contribution in [-0.2, 0) is 9.59 Å². The highest BCUT2D eigenvalue weighted by Crippen LogP contribution is 2.48. The van der Waals surface area contributed by atoms with Crippen LogP contribution < -0.4 is 5.32 Å². The number of hydrogen-bond acceptors (Lipinski definition) is 3. The van der Waals surface area contributed by atoms with E-state index in [1.165, 1.54) is 0 Å². The standard InChI is InChI=1S/C29H22Cl2F2N2O2/c1-15-26(29(37)35-23-10-8-19(32)14-22(23)33)27(20-9-7-18(30)13-21(20)31)28-24(34-15)11-17(12-25(28)36)16-5-3-2-4-6-16/h2-10,13-14,17,26-27H,11-12H2,1H3,(H,35,37). The van der Waals surface area contributed by atoms with Gasteiger partial charge in [0.25, 0.3) is 0 Å². The first-order chi connectivity index (χ1) is 17.7. The maximum Gasteiger partial charge on any atom is 0.234 e. The molecular weight excluding hydrogens is 517 g/mol. The first kappa shape index (κ1) is 25.3. The average Bonchev–Trinajstić information content (AvgIpc) is 2.85. The van der Waals surface area contributed by atoms with Gasteiger partial charge in [0.1, 0.15) is 11.6 Å². The number of halogens is 4. The van der Waals surface area contributed by atoms with Gasteiger partial charge >= 0.3 is 0 Å². The van der Waals surface area contributed by atoms with Crippen LogP contribution in [0.3, 0.4) is 0 Å². The first-order valence-electron chi connectivity index (χ1n) is 11.8. The third-order valence-corrected chi connectivity index (χ3v) is 7.49. The molecule has 5 rings (SSSR count). The van der Waals surface area contributed by atoms with Crippen LogP contribution in [0.25, 0.3) is 0 Å². The van der Waals surface area contributed by atoms with Crippen molar-refractivity contribution in [2.24, 2.45) is 10.9 Å². The highest BCUT2D eigenvalue weighted by molar-refractivity contribution is 6.35. The lowest BCUT2D eigenvalue weighted by atomic mass is 9.69. The zero-order valence-electron chi connectivity index (χ0n) is 19.8. The molecule has 0 radical (unpaired) electrons. The van der Waals surface area contributed by atoms with Crippen LogP contribution in [0.15, 0.2) is 83.0 Å². The Bertz CT molecular complexity index is 1470. The number of anilines is 1. The Labute approximate surface area is 223 Å². The van der Waals surface area contributed by atoms with Crippen molar-refractivity contribution in [3.05, 3.63) is 111 Å². The molecule has 1 aliphatic carbocycles. The van der Waals surface area contributed by atoms with E-state index < -0.39 is 29.4 Å². The fourth-order valence-corrected chi connectivity index (χ4v) is 5.78. The molecule has 1 heterocycles. The molecule has 0 fully saturated rings. The van der Waals surface area contributed by atoms with Gasteiger partial charge in [0.05, 0.1) is 11.6 Å². The van der Waals surface area contributed by atoms with E-state index in [0.29, 0.717) is 45.1 Å². The lowest BCUT2D eigenvalue weighted by Crippen LogP contribution is -2.40. The van der Waals surface area contributed by atoms with Gasteiger partial charge in [-0.2, -0.15) is 0 Å². The van der Waals surface area contributed by atoms with E-state index in [4.69, 9.17) is 28.2 Å². The second kappa shape index (κ2) is 10.2. The van der Waals surface area contributed by atoms with E-state index in [0.717, 1.165) is 17.7 Å². The van der Waals surface area contributed by atoms with Gasteiger partial charge in [0.2, 0.25) is 5.91 Å². The minimum Gasteiger partial charge on any atom is -0.323 e. The smallest absolute Gasteiger partial charge is 0.234 e. The third kappa shape index (κ3) is 4.96. The number of carbonyl (C=O) groups is 2. The van der Waals surface area contributed by atoms with E-state index in [2.05, 4.69) is 5.32 Å². The molecule has 0 saturated carbocycles. The summed E-state index contributed by atoms with van der Waals surface area (Å²) in [5.74, 6) is -4.08. The molecule has 3 aromatic rings. The van der Waals surface area contributed by atoms with Gasteiger partial charge in [-0.3, -0.25) is 14.6 Å². The molecule has 0 saturated heterocycles. The highest BCUT2D eigenvalue weighted by Gasteiger charge is 2.44. The highest BCUT2D eigenvalue weighted by atomic mass is 35.5.